The van der Waals surface area contributed by atoms with Crippen LogP contribution in [0.3, 0.4) is 0 Å². The zero-order valence-corrected chi connectivity index (χ0v) is 20.3. The Morgan fingerprint density at radius 2 is 1.79 bits per heavy atom. The van der Waals surface area contributed by atoms with Gasteiger partial charge in [-0.3, -0.25) is 24.8 Å². The van der Waals surface area contributed by atoms with Gasteiger partial charge in [0.25, 0.3) is 0 Å². The molecule has 0 saturated heterocycles. The average Bonchev–Trinajstić information content (AvgIpc) is 3.73. The van der Waals surface area contributed by atoms with Gasteiger partial charge in [0.15, 0.2) is 11.5 Å². The van der Waals surface area contributed by atoms with Crippen LogP contribution in [0.1, 0.15) is 25.7 Å². The summed E-state index contributed by atoms with van der Waals surface area (Å²) < 4.78 is 0. The second-order valence-electron chi connectivity index (χ2n) is 9.50. The molecular formula is C28H23N9O. The average molecular weight is 502 g/mol. The fraction of sp³-hybridized carbons (Fsp3) is 0.179. The smallest absolute Gasteiger partial charge is 0.227 e. The van der Waals surface area contributed by atoms with Gasteiger partial charge in [-0.15, -0.1) is 0 Å². The van der Waals surface area contributed by atoms with Crippen LogP contribution in [0.4, 0.5) is 5.69 Å². The van der Waals surface area contributed by atoms with Crippen LogP contribution in [0.5, 0.6) is 0 Å². The van der Waals surface area contributed by atoms with Gasteiger partial charge in [0.1, 0.15) is 5.69 Å². The number of hydrogen-bond acceptors (Lipinski definition) is 7. The number of carbonyl (C=O) groups is 1. The number of imidazole rings is 1. The Morgan fingerprint density at radius 1 is 0.921 bits per heavy atom. The molecular weight excluding hydrogens is 478 g/mol. The first-order chi connectivity index (χ1) is 18.7. The van der Waals surface area contributed by atoms with Crippen molar-refractivity contribution in [1.82, 2.24) is 40.1 Å². The van der Waals surface area contributed by atoms with Crippen LogP contribution >= 0.6 is 0 Å². The Bertz CT molecular complexity index is 1780. The molecule has 0 spiro atoms. The van der Waals surface area contributed by atoms with Gasteiger partial charge >= 0.3 is 0 Å². The second kappa shape index (κ2) is 9.15. The van der Waals surface area contributed by atoms with Crippen LogP contribution in [-0.4, -0.2) is 46.0 Å². The van der Waals surface area contributed by atoms with Gasteiger partial charge in [0.2, 0.25) is 5.91 Å². The second-order valence-corrected chi connectivity index (χ2v) is 9.50. The molecule has 1 aliphatic carbocycles. The van der Waals surface area contributed by atoms with Crippen LogP contribution in [0, 0.1) is 5.92 Å². The highest BCUT2D eigenvalue weighted by atomic mass is 16.1. The van der Waals surface area contributed by atoms with Crippen molar-refractivity contribution in [3.05, 3.63) is 67.5 Å². The Hall–Kier alpha value is -4.99. The molecule has 1 amide bonds. The van der Waals surface area contributed by atoms with Crippen molar-refractivity contribution >= 4 is 33.7 Å². The number of nitrogens with one attached hydrogen (secondary N) is 3. The maximum atomic E-state index is 12.6. The third-order valence-corrected chi connectivity index (χ3v) is 7.08. The Labute approximate surface area is 217 Å². The number of amides is 1. The summed E-state index contributed by atoms with van der Waals surface area (Å²) in [5.74, 6) is 0.749. The van der Waals surface area contributed by atoms with Crippen molar-refractivity contribution < 1.29 is 4.79 Å². The van der Waals surface area contributed by atoms with E-state index in [1.165, 1.54) is 0 Å². The van der Waals surface area contributed by atoms with E-state index < -0.39 is 0 Å². The van der Waals surface area contributed by atoms with E-state index in [-0.39, 0.29) is 11.8 Å². The monoisotopic (exact) mass is 501 g/mol. The Morgan fingerprint density at radius 3 is 2.66 bits per heavy atom. The normalized spacial score (nSPS) is 13.9. The number of hydrogen-bond donors (Lipinski definition) is 3. The van der Waals surface area contributed by atoms with Crippen LogP contribution in [0.2, 0.25) is 0 Å². The minimum absolute atomic E-state index is 0.0617. The summed E-state index contributed by atoms with van der Waals surface area (Å²) in [6.07, 6.45) is 14.5. The number of rotatable bonds is 5. The van der Waals surface area contributed by atoms with Crippen molar-refractivity contribution in [2.24, 2.45) is 5.92 Å². The summed E-state index contributed by atoms with van der Waals surface area (Å²) in [7, 11) is 0. The van der Waals surface area contributed by atoms with Crippen molar-refractivity contribution in [1.29, 1.82) is 0 Å². The Balaban J connectivity index is 1.25. The highest BCUT2D eigenvalue weighted by molar-refractivity contribution is 5.97. The number of nitrogens with zero attached hydrogens (tertiary/aromatic N) is 6. The summed E-state index contributed by atoms with van der Waals surface area (Å²) in [6, 6.07) is 9.72. The van der Waals surface area contributed by atoms with Crippen molar-refractivity contribution in [3.63, 3.8) is 0 Å². The molecule has 6 heterocycles. The van der Waals surface area contributed by atoms with Gasteiger partial charge in [-0.05, 0) is 48.7 Å². The number of aromatic amines is 2. The predicted octanol–water partition coefficient (Wildman–Crippen LogP) is 5.15. The van der Waals surface area contributed by atoms with Crippen molar-refractivity contribution in [2.75, 3.05) is 5.32 Å². The molecule has 6 aromatic rings. The molecule has 0 radical (unpaired) electrons. The third kappa shape index (κ3) is 3.96. The molecule has 0 aliphatic heterocycles. The molecule has 38 heavy (non-hydrogen) atoms. The lowest BCUT2D eigenvalue weighted by molar-refractivity contribution is -0.119. The molecule has 10 heteroatoms. The third-order valence-electron chi connectivity index (χ3n) is 7.08. The summed E-state index contributed by atoms with van der Waals surface area (Å²) >= 11 is 0. The number of H-pyrrole nitrogens is 2. The fourth-order valence-corrected chi connectivity index (χ4v) is 5.13. The van der Waals surface area contributed by atoms with E-state index in [2.05, 4.69) is 40.4 Å². The van der Waals surface area contributed by atoms with Gasteiger partial charge < -0.3 is 10.3 Å². The zero-order chi connectivity index (χ0) is 25.5. The van der Waals surface area contributed by atoms with Crippen LogP contribution < -0.4 is 5.32 Å². The quantitative estimate of drug-likeness (QED) is 0.297. The molecule has 0 aromatic carbocycles. The van der Waals surface area contributed by atoms with E-state index in [1.54, 1.807) is 37.2 Å². The SMILES string of the molecule is O=C(Nc1cncc(-c2cc3c(-c4nc5nccc(-c6ccncc6)c5[nH]4)n[nH]c3cn2)c1)C1CCCC1. The van der Waals surface area contributed by atoms with Gasteiger partial charge in [-0.25, -0.2) is 9.97 Å². The lowest BCUT2D eigenvalue weighted by atomic mass is 10.1. The van der Waals surface area contributed by atoms with Crippen LogP contribution in [-0.2, 0) is 4.79 Å². The van der Waals surface area contributed by atoms with Gasteiger partial charge in [-0.1, -0.05) is 12.8 Å². The highest BCUT2D eigenvalue weighted by Gasteiger charge is 2.23. The largest absolute Gasteiger partial charge is 0.335 e. The molecule has 10 nitrogen and oxygen atoms in total. The number of carbonyl (C=O) groups excluding carboxylic acids is 1. The lowest BCUT2D eigenvalue weighted by Gasteiger charge is -2.11. The van der Waals surface area contributed by atoms with Crippen molar-refractivity contribution in [2.45, 2.75) is 25.7 Å². The molecule has 3 N–H and O–H groups in total. The van der Waals surface area contributed by atoms with E-state index in [1.807, 2.05) is 30.3 Å². The molecule has 7 rings (SSSR count). The molecule has 0 unspecified atom stereocenters. The topological polar surface area (TPSA) is 138 Å². The molecule has 6 aromatic heterocycles. The van der Waals surface area contributed by atoms with E-state index in [9.17, 15) is 4.79 Å². The maximum absolute atomic E-state index is 12.6. The summed E-state index contributed by atoms with van der Waals surface area (Å²) in [6.45, 7) is 0. The van der Waals surface area contributed by atoms with Crippen LogP contribution in [0.15, 0.2) is 67.5 Å². The summed E-state index contributed by atoms with van der Waals surface area (Å²) in [5.41, 5.74) is 7.08. The minimum atomic E-state index is 0.0617. The molecule has 0 atom stereocenters. The molecule has 1 aliphatic rings. The fourth-order valence-electron chi connectivity index (χ4n) is 5.13. The van der Waals surface area contributed by atoms with E-state index in [0.29, 0.717) is 22.9 Å². The molecule has 0 bridgehead atoms. The number of anilines is 1. The number of fused-ring (bicyclic) bond motifs is 2. The van der Waals surface area contributed by atoms with Gasteiger partial charge in [0.05, 0.1) is 34.8 Å². The van der Waals surface area contributed by atoms with Crippen molar-refractivity contribution in [3.8, 4) is 33.9 Å². The first kappa shape index (κ1) is 22.2. The van der Waals surface area contributed by atoms with E-state index >= 15 is 0 Å². The lowest BCUT2D eigenvalue weighted by Crippen LogP contribution is -2.20. The maximum Gasteiger partial charge on any atom is 0.227 e. The summed E-state index contributed by atoms with van der Waals surface area (Å²) in [5, 5.41) is 11.5. The first-order valence-corrected chi connectivity index (χ1v) is 12.6. The van der Waals surface area contributed by atoms with Gasteiger partial charge in [-0.2, -0.15) is 5.10 Å². The standard InChI is InChI=1S/C28H23N9O/c38-28(17-3-1-2-4-17)33-19-11-18(13-30-14-19)22-12-21-23(15-32-22)36-37-25(21)27-34-24-20(7-10-31-26(24)35-27)16-5-8-29-9-6-16/h5-15,17H,1-4H2,(H,33,38)(H,36,37)(H,31,34,35). The first-order valence-electron chi connectivity index (χ1n) is 12.6. The van der Waals surface area contributed by atoms with Gasteiger partial charge in [0, 0.05) is 47.2 Å². The number of pyridine rings is 4. The molecule has 1 saturated carbocycles. The Kier molecular flexibility index (Phi) is 5.35. The predicted molar refractivity (Wildman–Crippen MR) is 144 cm³/mol. The minimum Gasteiger partial charge on any atom is -0.335 e. The van der Waals surface area contributed by atoms with E-state index in [0.717, 1.165) is 64.5 Å². The van der Waals surface area contributed by atoms with Crippen LogP contribution in [0.25, 0.3) is 56.0 Å². The molecule has 186 valence electrons. The van der Waals surface area contributed by atoms with E-state index in [4.69, 9.17) is 4.98 Å². The molecule has 1 fully saturated rings. The number of aromatic nitrogens is 8. The highest BCUT2D eigenvalue weighted by Crippen LogP contribution is 2.32. The zero-order valence-electron chi connectivity index (χ0n) is 20.3. The summed E-state index contributed by atoms with van der Waals surface area (Å²) in [4.78, 5) is 38.3.